The van der Waals surface area contributed by atoms with Crippen LogP contribution in [0.15, 0.2) is 60.7 Å². The minimum atomic E-state index is -1.00. The first-order valence-electron chi connectivity index (χ1n) is 10.1. The third kappa shape index (κ3) is 8.13. The van der Waals surface area contributed by atoms with Crippen molar-refractivity contribution in [2.24, 2.45) is 0 Å². The Morgan fingerprint density at radius 1 is 0.900 bits per heavy atom. The van der Waals surface area contributed by atoms with Gasteiger partial charge in [-0.3, -0.25) is 4.84 Å². The van der Waals surface area contributed by atoms with E-state index in [2.05, 4.69) is 0 Å². The molecule has 0 unspecified atom stereocenters. The Hall–Kier alpha value is -3.06. The molecule has 0 saturated carbocycles. The molecule has 0 aliphatic rings. The molecule has 162 valence electrons. The Morgan fingerprint density at radius 3 is 2.00 bits per heavy atom. The summed E-state index contributed by atoms with van der Waals surface area (Å²) in [4.78, 5) is 30.1. The molecule has 7 heteroatoms. The van der Waals surface area contributed by atoms with Crippen molar-refractivity contribution in [3.05, 3.63) is 71.8 Å². The van der Waals surface area contributed by atoms with Crippen LogP contribution in [0.4, 0.5) is 9.59 Å². The summed E-state index contributed by atoms with van der Waals surface area (Å²) in [5, 5.41) is 10.3. The Bertz CT molecular complexity index is 753. The van der Waals surface area contributed by atoms with Crippen molar-refractivity contribution in [2.45, 2.75) is 51.9 Å². The van der Waals surface area contributed by atoms with Gasteiger partial charge in [-0.15, -0.1) is 5.06 Å². The van der Waals surface area contributed by atoms with Gasteiger partial charge in [0.25, 0.3) is 0 Å². The van der Waals surface area contributed by atoms with Crippen molar-refractivity contribution in [1.29, 1.82) is 0 Å². The van der Waals surface area contributed by atoms with Gasteiger partial charge in [-0.25, -0.2) is 9.59 Å². The van der Waals surface area contributed by atoms with Gasteiger partial charge >= 0.3 is 12.2 Å². The maximum Gasteiger partial charge on any atom is 0.533 e. The second-order valence-corrected chi connectivity index (χ2v) is 6.79. The second-order valence-electron chi connectivity index (χ2n) is 6.79. The largest absolute Gasteiger partial charge is 0.533 e. The third-order valence-electron chi connectivity index (χ3n) is 4.44. The summed E-state index contributed by atoms with van der Waals surface area (Å²) in [5.74, 6) is 0. The predicted octanol–water partition coefficient (Wildman–Crippen LogP) is 4.83. The van der Waals surface area contributed by atoms with E-state index in [-0.39, 0.29) is 26.2 Å². The van der Waals surface area contributed by atoms with Crippen molar-refractivity contribution < 1.29 is 29.0 Å². The number of aliphatic hydroxyl groups excluding tert-OH is 1. The zero-order valence-electron chi connectivity index (χ0n) is 17.2. The lowest BCUT2D eigenvalue weighted by atomic mass is 10.1. The molecular formula is C23H29NO6. The predicted molar refractivity (Wildman–Crippen MR) is 111 cm³/mol. The maximum absolute atomic E-state index is 12.7. The van der Waals surface area contributed by atoms with Crippen LogP contribution in [0, 0.1) is 0 Å². The fourth-order valence-electron chi connectivity index (χ4n) is 2.83. The van der Waals surface area contributed by atoms with Crippen LogP contribution >= 0.6 is 0 Å². The molecule has 0 spiro atoms. The first kappa shape index (κ1) is 23.2. The van der Waals surface area contributed by atoms with Crippen LogP contribution in [-0.2, 0) is 27.5 Å². The minimum Gasteiger partial charge on any atom is -0.442 e. The van der Waals surface area contributed by atoms with Gasteiger partial charge < -0.3 is 14.6 Å². The SMILES string of the molecule is CCCC[C@@H](CCO)N(OC(=O)OCc1ccccc1)C(=O)OCc1ccccc1. The van der Waals surface area contributed by atoms with Gasteiger partial charge in [-0.05, 0) is 24.0 Å². The van der Waals surface area contributed by atoms with Crippen LogP contribution in [0.25, 0.3) is 0 Å². The number of aliphatic hydroxyl groups is 1. The molecule has 2 rings (SSSR count). The second kappa shape index (κ2) is 13.2. The summed E-state index contributed by atoms with van der Waals surface area (Å²) in [6.07, 6.45) is 0.707. The van der Waals surface area contributed by atoms with E-state index in [0.29, 0.717) is 6.42 Å². The van der Waals surface area contributed by atoms with Gasteiger partial charge in [0.1, 0.15) is 13.2 Å². The summed E-state index contributed by atoms with van der Waals surface area (Å²) in [6.45, 7) is 1.92. The monoisotopic (exact) mass is 415 g/mol. The summed E-state index contributed by atoms with van der Waals surface area (Å²) in [7, 11) is 0. The highest BCUT2D eigenvalue weighted by Crippen LogP contribution is 2.17. The molecule has 0 heterocycles. The Kier molecular flexibility index (Phi) is 10.2. The molecule has 0 radical (unpaired) electrons. The summed E-state index contributed by atoms with van der Waals surface area (Å²) < 4.78 is 10.5. The molecule has 1 amide bonds. The Morgan fingerprint density at radius 2 is 1.47 bits per heavy atom. The molecule has 0 aliphatic heterocycles. The average Bonchev–Trinajstić information content (AvgIpc) is 2.79. The van der Waals surface area contributed by atoms with Crippen LogP contribution in [0.2, 0.25) is 0 Å². The maximum atomic E-state index is 12.7. The molecule has 0 aromatic heterocycles. The van der Waals surface area contributed by atoms with E-state index in [9.17, 15) is 14.7 Å². The molecule has 7 nitrogen and oxygen atoms in total. The molecule has 1 atom stereocenters. The highest BCUT2D eigenvalue weighted by molar-refractivity contribution is 5.70. The van der Waals surface area contributed by atoms with Gasteiger partial charge in [0.2, 0.25) is 0 Å². The molecule has 1 N–H and O–H groups in total. The van der Waals surface area contributed by atoms with E-state index < -0.39 is 18.3 Å². The minimum absolute atomic E-state index is 0.0200. The van der Waals surface area contributed by atoms with E-state index in [1.807, 2.05) is 67.6 Å². The van der Waals surface area contributed by atoms with Gasteiger partial charge in [0.05, 0.1) is 6.04 Å². The summed E-state index contributed by atoms with van der Waals surface area (Å²) in [5.41, 5.74) is 1.61. The first-order valence-corrected chi connectivity index (χ1v) is 10.1. The summed E-state index contributed by atoms with van der Waals surface area (Å²) in [6, 6.07) is 17.8. The molecule has 30 heavy (non-hydrogen) atoms. The molecule has 0 saturated heterocycles. The van der Waals surface area contributed by atoms with Crippen molar-refractivity contribution in [1.82, 2.24) is 5.06 Å². The highest BCUT2D eigenvalue weighted by atomic mass is 16.8. The first-order chi connectivity index (χ1) is 14.6. The number of benzene rings is 2. The third-order valence-corrected chi connectivity index (χ3v) is 4.44. The number of nitrogens with zero attached hydrogens (tertiary/aromatic N) is 1. The number of unbranched alkanes of at least 4 members (excludes halogenated alkanes) is 1. The Labute approximate surface area is 177 Å². The van der Waals surface area contributed by atoms with Crippen molar-refractivity contribution >= 4 is 12.2 Å². The number of amides is 1. The number of hydrogen-bond donors (Lipinski definition) is 1. The van der Waals surface area contributed by atoms with Crippen LogP contribution < -0.4 is 0 Å². The van der Waals surface area contributed by atoms with Crippen LogP contribution in [0.1, 0.15) is 43.7 Å². The van der Waals surface area contributed by atoms with Gasteiger partial charge in [-0.1, -0.05) is 80.4 Å². The number of rotatable bonds is 10. The van der Waals surface area contributed by atoms with E-state index in [1.54, 1.807) is 0 Å². The number of hydrogen-bond acceptors (Lipinski definition) is 6. The zero-order chi connectivity index (χ0) is 21.6. The van der Waals surface area contributed by atoms with Gasteiger partial charge in [0, 0.05) is 6.61 Å². The normalized spacial score (nSPS) is 11.4. The van der Waals surface area contributed by atoms with Gasteiger partial charge in [0.15, 0.2) is 0 Å². The fourth-order valence-corrected chi connectivity index (χ4v) is 2.83. The topological polar surface area (TPSA) is 85.3 Å². The smallest absolute Gasteiger partial charge is 0.442 e. The van der Waals surface area contributed by atoms with Crippen LogP contribution in [0.3, 0.4) is 0 Å². The van der Waals surface area contributed by atoms with Crippen molar-refractivity contribution in [2.75, 3.05) is 6.61 Å². The summed E-state index contributed by atoms with van der Waals surface area (Å²) >= 11 is 0. The van der Waals surface area contributed by atoms with E-state index in [1.165, 1.54) is 0 Å². The lowest BCUT2D eigenvalue weighted by Crippen LogP contribution is -2.42. The quantitative estimate of drug-likeness (QED) is 0.442. The van der Waals surface area contributed by atoms with E-state index >= 15 is 0 Å². The molecule has 0 fully saturated rings. The molecular weight excluding hydrogens is 386 g/mol. The highest BCUT2D eigenvalue weighted by Gasteiger charge is 2.29. The fraction of sp³-hybridized carbons (Fsp3) is 0.391. The van der Waals surface area contributed by atoms with Crippen molar-refractivity contribution in [3.8, 4) is 0 Å². The van der Waals surface area contributed by atoms with Crippen LogP contribution in [0.5, 0.6) is 0 Å². The van der Waals surface area contributed by atoms with E-state index in [0.717, 1.165) is 29.0 Å². The zero-order valence-corrected chi connectivity index (χ0v) is 17.2. The number of carbonyl (C=O) groups is 2. The molecule has 2 aromatic rings. The average molecular weight is 415 g/mol. The molecule has 2 aromatic carbocycles. The van der Waals surface area contributed by atoms with Crippen molar-refractivity contribution in [3.63, 3.8) is 0 Å². The van der Waals surface area contributed by atoms with E-state index in [4.69, 9.17) is 14.3 Å². The number of carbonyl (C=O) groups excluding carboxylic acids is 2. The molecule has 0 bridgehead atoms. The van der Waals surface area contributed by atoms with Gasteiger partial charge in [-0.2, -0.15) is 0 Å². The molecule has 0 aliphatic carbocycles. The Balaban J connectivity index is 2.02. The lowest BCUT2D eigenvalue weighted by Gasteiger charge is -2.28. The lowest BCUT2D eigenvalue weighted by molar-refractivity contribution is -0.141. The van der Waals surface area contributed by atoms with Crippen LogP contribution in [-0.4, -0.2) is 35.1 Å². The number of hydroxylamine groups is 2. The number of ether oxygens (including phenoxy) is 2. The standard InChI is InChI=1S/C23H29NO6/c1-2-3-14-21(15-16-25)24(22(26)28-17-19-10-6-4-7-11-19)30-23(27)29-18-20-12-8-5-9-13-20/h4-13,21,25H,2-3,14-18H2,1H3/t21-/m0/s1.